The van der Waals surface area contributed by atoms with E-state index < -0.39 is 0 Å². The molecular formula is C15H26N4. The lowest BCUT2D eigenvalue weighted by atomic mass is 9.99. The fourth-order valence-corrected chi connectivity index (χ4v) is 2.64. The molecule has 4 heteroatoms. The molecule has 19 heavy (non-hydrogen) atoms. The smallest absolute Gasteiger partial charge is 0.131 e. The highest BCUT2D eigenvalue weighted by atomic mass is 15.3. The molecule has 1 atom stereocenters. The Hall–Kier alpha value is -1.13. The lowest BCUT2D eigenvalue weighted by Crippen LogP contribution is -2.58. The lowest BCUT2D eigenvalue weighted by molar-refractivity contribution is 0.138. The number of nitrogens with two attached hydrogens (primary N) is 1. The number of aromatic nitrogens is 1. The summed E-state index contributed by atoms with van der Waals surface area (Å²) in [7, 11) is 2.19. The first kappa shape index (κ1) is 14.3. The fraction of sp³-hybridized carbons (Fsp3) is 0.667. The first-order valence-corrected chi connectivity index (χ1v) is 7.06. The van der Waals surface area contributed by atoms with Gasteiger partial charge < -0.3 is 10.6 Å². The Morgan fingerprint density at radius 3 is 2.79 bits per heavy atom. The number of hydrogen-bond donors (Lipinski definition) is 1. The van der Waals surface area contributed by atoms with E-state index in [2.05, 4.69) is 41.7 Å². The van der Waals surface area contributed by atoms with Crippen LogP contribution in [-0.2, 0) is 6.42 Å². The third kappa shape index (κ3) is 3.25. The third-order valence-corrected chi connectivity index (χ3v) is 4.03. The minimum absolute atomic E-state index is 0.170. The molecule has 1 aliphatic rings. The number of rotatable bonds is 3. The second-order valence-corrected chi connectivity index (χ2v) is 6.32. The molecule has 1 saturated heterocycles. The largest absolute Gasteiger partial charge is 0.353 e. The molecule has 2 N–H and O–H groups in total. The van der Waals surface area contributed by atoms with Crippen LogP contribution in [0.3, 0.4) is 0 Å². The summed E-state index contributed by atoms with van der Waals surface area (Å²) in [5.74, 6) is 1.11. The molecule has 0 amide bonds. The van der Waals surface area contributed by atoms with Gasteiger partial charge in [0.2, 0.25) is 0 Å². The van der Waals surface area contributed by atoms with Crippen LogP contribution >= 0.6 is 0 Å². The highest BCUT2D eigenvalue weighted by Gasteiger charge is 2.32. The summed E-state index contributed by atoms with van der Waals surface area (Å²) in [6, 6.07) is 4.32. The highest BCUT2D eigenvalue weighted by molar-refractivity contribution is 5.48. The van der Waals surface area contributed by atoms with Gasteiger partial charge in [0.05, 0.1) is 0 Å². The SMILES string of the molecule is CC(N)Cc1cccnc1N1CCN(C)C(C)(C)C1. The molecule has 0 spiro atoms. The van der Waals surface area contributed by atoms with Crippen LogP contribution in [0.25, 0.3) is 0 Å². The molecule has 1 aliphatic heterocycles. The van der Waals surface area contributed by atoms with Crippen molar-refractivity contribution in [1.82, 2.24) is 9.88 Å². The first-order chi connectivity index (χ1) is 8.90. The van der Waals surface area contributed by atoms with Crippen molar-refractivity contribution in [2.45, 2.75) is 38.8 Å². The maximum Gasteiger partial charge on any atom is 0.131 e. The molecule has 1 aromatic rings. The predicted octanol–water partition coefficient (Wildman–Crippen LogP) is 1.50. The van der Waals surface area contributed by atoms with Crippen molar-refractivity contribution in [3.05, 3.63) is 23.9 Å². The monoisotopic (exact) mass is 262 g/mol. The molecule has 0 aromatic carbocycles. The summed E-state index contributed by atoms with van der Waals surface area (Å²) in [6.45, 7) is 9.72. The molecular weight excluding hydrogens is 236 g/mol. The number of nitrogens with zero attached hydrogens (tertiary/aromatic N) is 3. The molecule has 0 aliphatic carbocycles. The lowest BCUT2D eigenvalue weighted by Gasteiger charge is -2.46. The second kappa shape index (κ2) is 5.47. The number of hydrogen-bond acceptors (Lipinski definition) is 4. The zero-order valence-corrected chi connectivity index (χ0v) is 12.6. The van der Waals surface area contributed by atoms with E-state index in [1.807, 2.05) is 19.2 Å². The molecule has 2 heterocycles. The van der Waals surface area contributed by atoms with Gasteiger partial charge >= 0.3 is 0 Å². The normalized spacial score (nSPS) is 21.4. The standard InChI is InChI=1S/C15H26N4/c1-12(16)10-13-6-5-7-17-14(13)19-9-8-18(4)15(2,3)11-19/h5-7,12H,8-11,16H2,1-4H3. The number of pyridine rings is 1. The van der Waals surface area contributed by atoms with Gasteiger partial charge in [-0.3, -0.25) is 4.90 Å². The average molecular weight is 262 g/mol. The number of likely N-dealkylation sites (N-methyl/N-ethyl adjacent to an activating group) is 1. The topological polar surface area (TPSA) is 45.4 Å². The molecule has 1 unspecified atom stereocenters. The van der Waals surface area contributed by atoms with E-state index >= 15 is 0 Å². The Morgan fingerprint density at radius 2 is 2.16 bits per heavy atom. The van der Waals surface area contributed by atoms with Crippen LogP contribution in [0, 0.1) is 0 Å². The summed E-state index contributed by atoms with van der Waals surface area (Å²) in [5, 5.41) is 0. The van der Waals surface area contributed by atoms with E-state index in [1.54, 1.807) is 0 Å². The first-order valence-electron chi connectivity index (χ1n) is 7.06. The molecule has 0 radical (unpaired) electrons. The van der Waals surface area contributed by atoms with Crippen molar-refractivity contribution in [3.8, 4) is 0 Å². The number of piperazine rings is 1. The fourth-order valence-electron chi connectivity index (χ4n) is 2.64. The quantitative estimate of drug-likeness (QED) is 0.897. The van der Waals surface area contributed by atoms with E-state index in [1.165, 1.54) is 5.56 Å². The predicted molar refractivity (Wildman–Crippen MR) is 80.5 cm³/mol. The molecule has 1 aromatic heterocycles. The van der Waals surface area contributed by atoms with E-state index in [0.717, 1.165) is 31.9 Å². The van der Waals surface area contributed by atoms with Gasteiger partial charge in [-0.25, -0.2) is 4.98 Å². The maximum absolute atomic E-state index is 5.94. The van der Waals surface area contributed by atoms with E-state index in [9.17, 15) is 0 Å². The van der Waals surface area contributed by atoms with Crippen molar-refractivity contribution in [2.75, 3.05) is 31.6 Å². The van der Waals surface area contributed by atoms with Crippen LogP contribution in [-0.4, -0.2) is 48.1 Å². The molecule has 0 saturated carbocycles. The van der Waals surface area contributed by atoms with Gasteiger partial charge in [0, 0.05) is 37.4 Å². The van der Waals surface area contributed by atoms with Crippen LogP contribution < -0.4 is 10.6 Å². The van der Waals surface area contributed by atoms with Gasteiger partial charge in [-0.2, -0.15) is 0 Å². The van der Waals surface area contributed by atoms with Crippen molar-refractivity contribution in [3.63, 3.8) is 0 Å². The summed E-state index contributed by atoms with van der Waals surface area (Å²) in [6.07, 6.45) is 2.77. The maximum atomic E-state index is 5.94. The van der Waals surface area contributed by atoms with Crippen molar-refractivity contribution in [1.29, 1.82) is 0 Å². The Labute approximate surface area is 116 Å². The summed E-state index contributed by atoms with van der Waals surface area (Å²) in [5.41, 5.74) is 7.39. The van der Waals surface area contributed by atoms with Gasteiger partial charge in [-0.1, -0.05) is 6.07 Å². The highest BCUT2D eigenvalue weighted by Crippen LogP contribution is 2.25. The number of anilines is 1. The van der Waals surface area contributed by atoms with Gasteiger partial charge in [0.25, 0.3) is 0 Å². The van der Waals surface area contributed by atoms with Gasteiger partial charge in [0.15, 0.2) is 0 Å². The molecule has 1 fully saturated rings. The van der Waals surface area contributed by atoms with Gasteiger partial charge in [-0.05, 0) is 45.9 Å². The van der Waals surface area contributed by atoms with Crippen molar-refractivity contribution >= 4 is 5.82 Å². The van der Waals surface area contributed by atoms with Crippen LogP contribution in [0.5, 0.6) is 0 Å². The van der Waals surface area contributed by atoms with Crippen LogP contribution in [0.4, 0.5) is 5.82 Å². The van der Waals surface area contributed by atoms with Gasteiger partial charge in [-0.15, -0.1) is 0 Å². The van der Waals surface area contributed by atoms with Crippen molar-refractivity contribution < 1.29 is 0 Å². The Kier molecular flexibility index (Phi) is 4.11. The van der Waals surface area contributed by atoms with E-state index in [0.29, 0.717) is 0 Å². The van der Waals surface area contributed by atoms with Crippen LogP contribution in [0.1, 0.15) is 26.3 Å². The second-order valence-electron chi connectivity index (χ2n) is 6.32. The Morgan fingerprint density at radius 1 is 1.42 bits per heavy atom. The molecule has 0 bridgehead atoms. The summed E-state index contributed by atoms with van der Waals surface area (Å²) >= 11 is 0. The molecule has 4 nitrogen and oxygen atoms in total. The molecule has 2 rings (SSSR count). The van der Waals surface area contributed by atoms with Gasteiger partial charge in [0.1, 0.15) is 5.82 Å². The zero-order chi connectivity index (χ0) is 14.0. The zero-order valence-electron chi connectivity index (χ0n) is 12.6. The summed E-state index contributed by atoms with van der Waals surface area (Å²) < 4.78 is 0. The third-order valence-electron chi connectivity index (χ3n) is 4.03. The van der Waals surface area contributed by atoms with Crippen LogP contribution in [0.2, 0.25) is 0 Å². The summed E-state index contributed by atoms with van der Waals surface area (Å²) in [4.78, 5) is 9.41. The van der Waals surface area contributed by atoms with Crippen molar-refractivity contribution in [2.24, 2.45) is 5.73 Å². The van der Waals surface area contributed by atoms with Crippen LogP contribution in [0.15, 0.2) is 18.3 Å². The minimum Gasteiger partial charge on any atom is -0.353 e. The average Bonchev–Trinajstić information content (AvgIpc) is 2.33. The van der Waals surface area contributed by atoms with E-state index in [4.69, 9.17) is 5.73 Å². The van der Waals surface area contributed by atoms with E-state index in [-0.39, 0.29) is 11.6 Å². The Bertz CT molecular complexity index is 428. The Balaban J connectivity index is 2.22. The minimum atomic E-state index is 0.170. The molecule has 106 valence electrons.